The molecule has 0 fully saturated rings. The van der Waals surface area contributed by atoms with Crippen molar-refractivity contribution < 1.29 is 14.0 Å². The molecule has 0 saturated carbocycles. The molecule has 2 aromatic heterocycles. The molecule has 5 nitrogen and oxygen atoms in total. The Hall–Kier alpha value is -3.25. The Balaban J connectivity index is 1.64. The van der Waals surface area contributed by atoms with Gasteiger partial charge in [-0.25, -0.2) is 4.98 Å². The molecule has 128 valence electrons. The van der Waals surface area contributed by atoms with Gasteiger partial charge in [0.2, 0.25) is 5.78 Å². The average Bonchev–Trinajstić information content (AvgIpc) is 3.29. The first kappa shape index (κ1) is 16.2. The maximum Gasteiger partial charge on any atom is 0.256 e. The SMILES string of the molecule is Cc1nc2cc(NC(=O)c3ccccc3C(=O)c3cccs3)ccc2o1. The van der Waals surface area contributed by atoms with Gasteiger partial charge in [0, 0.05) is 18.2 Å². The van der Waals surface area contributed by atoms with Crippen LogP contribution in [-0.4, -0.2) is 16.7 Å². The van der Waals surface area contributed by atoms with Crippen molar-refractivity contribution in [1.29, 1.82) is 0 Å². The number of anilines is 1. The van der Waals surface area contributed by atoms with Crippen molar-refractivity contribution >= 4 is 39.8 Å². The van der Waals surface area contributed by atoms with E-state index in [0.717, 1.165) is 0 Å². The molecule has 1 N–H and O–H groups in total. The molecular weight excluding hydrogens is 348 g/mol. The smallest absolute Gasteiger partial charge is 0.256 e. The van der Waals surface area contributed by atoms with Crippen LogP contribution in [0.15, 0.2) is 64.4 Å². The molecule has 6 heteroatoms. The van der Waals surface area contributed by atoms with Gasteiger partial charge < -0.3 is 9.73 Å². The van der Waals surface area contributed by atoms with Gasteiger partial charge in [-0.2, -0.15) is 0 Å². The van der Waals surface area contributed by atoms with Crippen molar-refractivity contribution in [1.82, 2.24) is 4.98 Å². The molecule has 0 atom stereocenters. The first-order chi connectivity index (χ1) is 12.6. The van der Waals surface area contributed by atoms with E-state index >= 15 is 0 Å². The summed E-state index contributed by atoms with van der Waals surface area (Å²) in [7, 11) is 0. The third-order valence-electron chi connectivity index (χ3n) is 3.91. The van der Waals surface area contributed by atoms with Crippen molar-refractivity contribution in [3.05, 3.63) is 81.9 Å². The van der Waals surface area contributed by atoms with Crippen LogP contribution in [0.3, 0.4) is 0 Å². The van der Waals surface area contributed by atoms with Crippen LogP contribution >= 0.6 is 11.3 Å². The number of ketones is 1. The lowest BCUT2D eigenvalue weighted by atomic mass is 10.0. The fourth-order valence-corrected chi connectivity index (χ4v) is 3.42. The molecule has 2 aromatic carbocycles. The van der Waals surface area contributed by atoms with E-state index in [1.165, 1.54) is 11.3 Å². The van der Waals surface area contributed by atoms with E-state index in [4.69, 9.17) is 4.42 Å². The molecule has 0 bridgehead atoms. The molecule has 0 aliphatic rings. The second kappa shape index (κ2) is 6.57. The minimum Gasteiger partial charge on any atom is -0.441 e. The molecule has 4 aromatic rings. The zero-order valence-electron chi connectivity index (χ0n) is 13.9. The summed E-state index contributed by atoms with van der Waals surface area (Å²) in [6.45, 7) is 1.77. The average molecular weight is 362 g/mol. The number of thiophene rings is 1. The predicted octanol–water partition coefficient (Wildman–Crippen LogP) is 4.68. The quantitative estimate of drug-likeness (QED) is 0.535. The summed E-state index contributed by atoms with van der Waals surface area (Å²) < 4.78 is 5.44. The summed E-state index contributed by atoms with van der Waals surface area (Å²) in [6, 6.07) is 15.6. The number of aromatic nitrogens is 1. The number of aryl methyl sites for hydroxylation is 1. The van der Waals surface area contributed by atoms with Gasteiger partial charge in [0.05, 0.1) is 10.4 Å². The van der Waals surface area contributed by atoms with E-state index in [9.17, 15) is 9.59 Å². The molecule has 0 spiro atoms. The standard InChI is InChI=1S/C20H14N2O3S/c1-12-21-16-11-13(8-9-17(16)25-12)22-20(24)15-6-3-2-5-14(15)19(23)18-7-4-10-26-18/h2-11H,1H3,(H,22,24). The van der Waals surface area contributed by atoms with E-state index in [-0.39, 0.29) is 11.7 Å². The van der Waals surface area contributed by atoms with Crippen LogP contribution in [0, 0.1) is 6.92 Å². The minimum atomic E-state index is -0.343. The van der Waals surface area contributed by atoms with Crippen LogP contribution in [0.5, 0.6) is 0 Å². The number of hydrogen-bond donors (Lipinski definition) is 1. The Morgan fingerprint density at radius 3 is 2.62 bits per heavy atom. The molecular formula is C20H14N2O3S. The van der Waals surface area contributed by atoms with Gasteiger partial charge in [0.1, 0.15) is 5.52 Å². The number of benzene rings is 2. The number of carbonyl (C=O) groups excluding carboxylic acids is 2. The highest BCUT2D eigenvalue weighted by molar-refractivity contribution is 7.12. The van der Waals surface area contributed by atoms with E-state index < -0.39 is 0 Å². The lowest BCUT2D eigenvalue weighted by Gasteiger charge is -2.09. The zero-order valence-corrected chi connectivity index (χ0v) is 14.7. The number of carbonyl (C=O) groups is 2. The molecule has 26 heavy (non-hydrogen) atoms. The molecule has 0 saturated heterocycles. The Morgan fingerprint density at radius 2 is 1.85 bits per heavy atom. The third kappa shape index (κ3) is 3.02. The maximum atomic E-state index is 12.7. The van der Waals surface area contributed by atoms with Gasteiger partial charge in [-0.05, 0) is 35.7 Å². The van der Waals surface area contributed by atoms with Gasteiger partial charge in [0.25, 0.3) is 5.91 Å². The fraction of sp³-hybridized carbons (Fsp3) is 0.0500. The maximum absolute atomic E-state index is 12.7. The van der Waals surface area contributed by atoms with Crippen molar-refractivity contribution in [3.63, 3.8) is 0 Å². The van der Waals surface area contributed by atoms with E-state index in [1.54, 1.807) is 55.5 Å². The minimum absolute atomic E-state index is 0.159. The fourth-order valence-electron chi connectivity index (χ4n) is 2.74. The summed E-state index contributed by atoms with van der Waals surface area (Å²) in [6.07, 6.45) is 0. The van der Waals surface area contributed by atoms with Crippen LogP contribution in [-0.2, 0) is 0 Å². The van der Waals surface area contributed by atoms with Crippen molar-refractivity contribution in [2.75, 3.05) is 5.32 Å². The van der Waals surface area contributed by atoms with Crippen LogP contribution < -0.4 is 5.32 Å². The van der Waals surface area contributed by atoms with E-state index in [0.29, 0.717) is 38.7 Å². The molecule has 0 aliphatic carbocycles. The Kier molecular flexibility index (Phi) is 4.10. The van der Waals surface area contributed by atoms with Gasteiger partial charge in [-0.15, -0.1) is 11.3 Å². The molecule has 0 radical (unpaired) electrons. The Labute approximate surface area is 153 Å². The van der Waals surface area contributed by atoms with Gasteiger partial charge in [-0.3, -0.25) is 9.59 Å². The molecule has 0 aliphatic heterocycles. The Bertz CT molecular complexity index is 1110. The second-order valence-corrected chi connectivity index (χ2v) is 6.67. The third-order valence-corrected chi connectivity index (χ3v) is 4.78. The summed E-state index contributed by atoms with van der Waals surface area (Å²) in [4.78, 5) is 30.3. The van der Waals surface area contributed by atoms with Gasteiger partial charge >= 0.3 is 0 Å². The van der Waals surface area contributed by atoms with Gasteiger partial charge in [0.15, 0.2) is 11.5 Å². The van der Waals surface area contributed by atoms with E-state index in [2.05, 4.69) is 10.3 Å². The monoisotopic (exact) mass is 362 g/mol. The number of rotatable bonds is 4. The zero-order chi connectivity index (χ0) is 18.1. The van der Waals surface area contributed by atoms with Crippen LogP contribution in [0.25, 0.3) is 11.1 Å². The largest absolute Gasteiger partial charge is 0.441 e. The topological polar surface area (TPSA) is 72.2 Å². The normalized spacial score (nSPS) is 10.8. The van der Waals surface area contributed by atoms with E-state index in [1.807, 2.05) is 11.4 Å². The summed E-state index contributed by atoms with van der Waals surface area (Å²) in [5.41, 5.74) is 2.64. The number of hydrogen-bond acceptors (Lipinski definition) is 5. The number of oxazole rings is 1. The highest BCUT2D eigenvalue weighted by Gasteiger charge is 2.19. The first-order valence-corrected chi connectivity index (χ1v) is 8.85. The summed E-state index contributed by atoms with van der Waals surface area (Å²) in [5.74, 6) is 0.0637. The lowest BCUT2D eigenvalue weighted by molar-refractivity contribution is 0.0998. The van der Waals surface area contributed by atoms with Crippen LogP contribution in [0.2, 0.25) is 0 Å². The summed E-state index contributed by atoms with van der Waals surface area (Å²) in [5, 5.41) is 4.67. The lowest BCUT2D eigenvalue weighted by Crippen LogP contribution is -2.16. The molecule has 0 unspecified atom stereocenters. The van der Waals surface area contributed by atoms with Crippen LogP contribution in [0.1, 0.15) is 31.5 Å². The number of nitrogens with one attached hydrogen (secondary N) is 1. The first-order valence-electron chi connectivity index (χ1n) is 7.97. The van der Waals surface area contributed by atoms with Gasteiger partial charge in [-0.1, -0.05) is 24.3 Å². The highest BCUT2D eigenvalue weighted by Crippen LogP contribution is 2.22. The van der Waals surface area contributed by atoms with Crippen molar-refractivity contribution in [2.24, 2.45) is 0 Å². The van der Waals surface area contributed by atoms with Crippen molar-refractivity contribution in [2.45, 2.75) is 6.92 Å². The summed E-state index contributed by atoms with van der Waals surface area (Å²) >= 11 is 1.35. The predicted molar refractivity (Wildman–Crippen MR) is 101 cm³/mol. The Morgan fingerprint density at radius 1 is 1.04 bits per heavy atom. The number of amides is 1. The number of nitrogens with zero attached hydrogens (tertiary/aromatic N) is 1. The number of fused-ring (bicyclic) bond motifs is 1. The highest BCUT2D eigenvalue weighted by atomic mass is 32.1. The van der Waals surface area contributed by atoms with Crippen molar-refractivity contribution in [3.8, 4) is 0 Å². The molecule has 2 heterocycles. The molecule has 4 rings (SSSR count). The second-order valence-electron chi connectivity index (χ2n) is 5.72. The molecule has 1 amide bonds. The van der Waals surface area contributed by atoms with Crippen LogP contribution in [0.4, 0.5) is 5.69 Å².